The van der Waals surface area contributed by atoms with E-state index in [4.69, 9.17) is 11.6 Å². The van der Waals surface area contributed by atoms with Crippen LogP contribution in [0.2, 0.25) is 5.15 Å². The third-order valence-electron chi connectivity index (χ3n) is 6.36. The Morgan fingerprint density at radius 2 is 1.76 bits per heavy atom. The highest BCUT2D eigenvalue weighted by Crippen LogP contribution is 2.25. The molecule has 2 heterocycles. The molecular formula is C26H29ClF2N6O2. The predicted octanol–water partition coefficient (Wildman–Crippen LogP) is 3.84. The van der Waals surface area contributed by atoms with E-state index in [1.807, 2.05) is 24.3 Å². The van der Waals surface area contributed by atoms with Crippen LogP contribution in [-0.2, 0) is 30.4 Å². The van der Waals surface area contributed by atoms with Crippen LogP contribution in [0.15, 0.2) is 59.7 Å². The molecule has 0 saturated heterocycles. The first kappa shape index (κ1) is 26.7. The minimum absolute atomic E-state index is 0.0802. The van der Waals surface area contributed by atoms with Crippen molar-refractivity contribution in [1.29, 1.82) is 0 Å². The molecule has 196 valence electrons. The van der Waals surface area contributed by atoms with Crippen LogP contribution in [0.3, 0.4) is 0 Å². The fourth-order valence-corrected chi connectivity index (χ4v) is 4.47. The minimum Gasteiger partial charge on any atom is -0.359 e. The summed E-state index contributed by atoms with van der Waals surface area (Å²) < 4.78 is 29.9. The topological polar surface area (TPSA) is 101 Å². The number of nitrogens with one attached hydrogen (secondary N) is 3. The summed E-state index contributed by atoms with van der Waals surface area (Å²) in [4.78, 5) is 33.0. The fraction of sp³-hybridized carbons (Fsp3) is 0.385. The number of amides is 1. The lowest BCUT2D eigenvalue weighted by atomic mass is 10.1. The van der Waals surface area contributed by atoms with Gasteiger partial charge < -0.3 is 16.0 Å². The van der Waals surface area contributed by atoms with E-state index in [1.165, 1.54) is 50.1 Å². The van der Waals surface area contributed by atoms with Crippen LogP contribution < -0.4 is 21.5 Å². The molecule has 2 aromatic heterocycles. The number of halogens is 3. The lowest BCUT2D eigenvalue weighted by Gasteiger charge is -2.17. The third kappa shape index (κ3) is 7.11. The molecule has 1 fully saturated rings. The highest BCUT2D eigenvalue weighted by atomic mass is 35.5. The highest BCUT2D eigenvalue weighted by molar-refractivity contribution is 6.29. The van der Waals surface area contributed by atoms with Gasteiger partial charge in [0.1, 0.15) is 17.4 Å². The number of aromatic nitrogens is 3. The summed E-state index contributed by atoms with van der Waals surface area (Å²) in [5.74, 6) is -4.12. The Hall–Kier alpha value is -3.37. The Bertz CT molecular complexity index is 1270. The molecule has 0 bridgehead atoms. The Labute approximate surface area is 218 Å². The molecule has 3 aromatic rings. The zero-order valence-corrected chi connectivity index (χ0v) is 21.0. The van der Waals surface area contributed by atoms with Gasteiger partial charge in [-0.15, -0.1) is 0 Å². The maximum Gasteiger partial charge on any atom is 0.306 e. The number of hydrogen-bond acceptors (Lipinski definition) is 6. The molecule has 1 amide bonds. The average molecular weight is 531 g/mol. The smallest absolute Gasteiger partial charge is 0.306 e. The van der Waals surface area contributed by atoms with Crippen LogP contribution in [-0.4, -0.2) is 33.0 Å². The lowest BCUT2D eigenvalue weighted by molar-refractivity contribution is -0.121. The first-order chi connectivity index (χ1) is 17.8. The van der Waals surface area contributed by atoms with E-state index < -0.39 is 29.6 Å². The van der Waals surface area contributed by atoms with Gasteiger partial charge >= 0.3 is 5.92 Å². The van der Waals surface area contributed by atoms with Gasteiger partial charge in [0, 0.05) is 25.3 Å². The molecule has 0 aliphatic heterocycles. The number of rotatable bonds is 11. The molecule has 8 nitrogen and oxygen atoms in total. The van der Waals surface area contributed by atoms with Crippen molar-refractivity contribution in [2.24, 2.45) is 0 Å². The molecule has 0 radical (unpaired) electrons. The van der Waals surface area contributed by atoms with E-state index in [2.05, 4.69) is 25.9 Å². The summed E-state index contributed by atoms with van der Waals surface area (Å²) in [6, 6.07) is 12.5. The Balaban J connectivity index is 1.36. The fourth-order valence-electron chi connectivity index (χ4n) is 4.28. The molecule has 4 rings (SSSR count). The Morgan fingerprint density at radius 3 is 2.46 bits per heavy atom. The molecule has 1 aliphatic carbocycles. The van der Waals surface area contributed by atoms with E-state index in [1.54, 1.807) is 0 Å². The van der Waals surface area contributed by atoms with Crippen LogP contribution in [0, 0.1) is 0 Å². The van der Waals surface area contributed by atoms with Crippen molar-refractivity contribution >= 4 is 23.3 Å². The number of pyridine rings is 1. The summed E-state index contributed by atoms with van der Waals surface area (Å²) in [5.41, 5.74) is 0.846. The van der Waals surface area contributed by atoms with Crippen LogP contribution in [0.1, 0.15) is 42.5 Å². The molecule has 0 spiro atoms. The Kier molecular flexibility index (Phi) is 8.83. The van der Waals surface area contributed by atoms with Gasteiger partial charge in [-0.05, 0) is 36.1 Å². The van der Waals surface area contributed by atoms with E-state index in [-0.39, 0.29) is 24.1 Å². The second-order valence-electron chi connectivity index (χ2n) is 9.00. The van der Waals surface area contributed by atoms with Crippen molar-refractivity contribution in [3.63, 3.8) is 0 Å². The number of alkyl halides is 2. The van der Waals surface area contributed by atoms with Gasteiger partial charge in [0.25, 0.3) is 5.56 Å². The number of nitrogens with zero attached hydrogens (tertiary/aromatic N) is 3. The van der Waals surface area contributed by atoms with Crippen LogP contribution >= 0.6 is 11.6 Å². The highest BCUT2D eigenvalue weighted by Gasteiger charge is 2.33. The zero-order chi connectivity index (χ0) is 26.3. The van der Waals surface area contributed by atoms with Gasteiger partial charge in [0.2, 0.25) is 5.91 Å². The maximum atomic E-state index is 14.4. The molecule has 11 heteroatoms. The molecule has 3 N–H and O–H groups in total. The van der Waals surface area contributed by atoms with Gasteiger partial charge in [0.15, 0.2) is 5.82 Å². The van der Waals surface area contributed by atoms with Gasteiger partial charge in [-0.1, -0.05) is 54.8 Å². The first-order valence-electron chi connectivity index (χ1n) is 12.2. The average Bonchev–Trinajstić information content (AvgIpc) is 3.43. The van der Waals surface area contributed by atoms with Gasteiger partial charge in [-0.3, -0.25) is 19.1 Å². The Morgan fingerprint density at radius 1 is 1.05 bits per heavy atom. The summed E-state index contributed by atoms with van der Waals surface area (Å²) in [5, 5.41) is 8.67. The number of benzene rings is 1. The largest absolute Gasteiger partial charge is 0.359 e. The quantitative estimate of drug-likeness (QED) is 0.348. The molecule has 0 atom stereocenters. The van der Waals surface area contributed by atoms with Crippen molar-refractivity contribution in [3.05, 3.63) is 87.2 Å². The SMILES string of the molecule is O=C(Cn1c(Cl)cnc(NCC(F)(F)c2ccccn2)c1=O)NCc1ccccc1CNC1CCCC1. The van der Waals surface area contributed by atoms with E-state index in [0.717, 1.165) is 21.9 Å². The molecule has 1 saturated carbocycles. The minimum atomic E-state index is -3.34. The van der Waals surface area contributed by atoms with Gasteiger partial charge in [-0.2, -0.15) is 8.78 Å². The second kappa shape index (κ2) is 12.2. The molecule has 1 aliphatic rings. The van der Waals surface area contributed by atoms with E-state index >= 15 is 0 Å². The summed E-state index contributed by atoms with van der Waals surface area (Å²) in [7, 11) is 0. The standard InChI is InChI=1S/C26H29ClF2N6O2/c27-22-15-33-24(34-17-26(28,29)21-11-5-6-12-30-21)25(37)35(22)16-23(36)32-14-19-8-2-1-7-18(19)13-31-20-9-3-4-10-20/h1-2,5-8,11-12,15,20,31H,3-4,9-10,13-14,16-17H2,(H,32,36)(H,33,34). The number of anilines is 1. The predicted molar refractivity (Wildman–Crippen MR) is 138 cm³/mol. The lowest BCUT2D eigenvalue weighted by Crippen LogP contribution is -2.35. The van der Waals surface area contributed by atoms with Crippen molar-refractivity contribution in [2.45, 2.75) is 57.3 Å². The van der Waals surface area contributed by atoms with Crippen molar-refractivity contribution < 1.29 is 13.6 Å². The summed E-state index contributed by atoms with van der Waals surface area (Å²) in [6.45, 7) is -0.287. The monoisotopic (exact) mass is 530 g/mol. The number of carbonyl (C=O) groups is 1. The number of carbonyl (C=O) groups excluding carboxylic acids is 1. The normalized spacial score (nSPS) is 14.0. The maximum absolute atomic E-state index is 14.4. The van der Waals surface area contributed by atoms with Crippen LogP contribution in [0.4, 0.5) is 14.6 Å². The van der Waals surface area contributed by atoms with Crippen LogP contribution in [0.25, 0.3) is 0 Å². The third-order valence-corrected chi connectivity index (χ3v) is 6.66. The van der Waals surface area contributed by atoms with Crippen molar-refractivity contribution in [3.8, 4) is 0 Å². The van der Waals surface area contributed by atoms with Crippen molar-refractivity contribution in [2.75, 3.05) is 11.9 Å². The molecular weight excluding hydrogens is 502 g/mol. The first-order valence-corrected chi connectivity index (χ1v) is 12.6. The zero-order valence-electron chi connectivity index (χ0n) is 20.2. The van der Waals surface area contributed by atoms with Gasteiger partial charge in [0.05, 0.1) is 12.7 Å². The van der Waals surface area contributed by atoms with Crippen LogP contribution in [0.5, 0.6) is 0 Å². The molecule has 1 aromatic carbocycles. The van der Waals surface area contributed by atoms with Gasteiger partial charge in [-0.25, -0.2) is 4.98 Å². The number of hydrogen-bond donors (Lipinski definition) is 3. The second-order valence-corrected chi connectivity index (χ2v) is 9.39. The van der Waals surface area contributed by atoms with E-state index in [9.17, 15) is 18.4 Å². The summed E-state index contributed by atoms with van der Waals surface area (Å²) >= 11 is 6.10. The summed E-state index contributed by atoms with van der Waals surface area (Å²) in [6.07, 6.45) is 7.25. The molecule has 0 unspecified atom stereocenters. The van der Waals surface area contributed by atoms with E-state index in [0.29, 0.717) is 12.6 Å². The molecule has 37 heavy (non-hydrogen) atoms. The van der Waals surface area contributed by atoms with Crippen molar-refractivity contribution in [1.82, 2.24) is 25.2 Å².